The third-order valence-corrected chi connectivity index (χ3v) is 4.23. The lowest BCUT2D eigenvalue weighted by Gasteiger charge is -1.93. The van der Waals surface area contributed by atoms with Gasteiger partial charge < -0.3 is 4.98 Å². The highest BCUT2D eigenvalue weighted by Crippen LogP contribution is 2.27. The molecule has 3 rings (SSSR count). The third kappa shape index (κ3) is 2.56. The van der Waals surface area contributed by atoms with Gasteiger partial charge in [0.25, 0.3) is 0 Å². The van der Waals surface area contributed by atoms with Crippen LogP contribution >= 0.6 is 34.9 Å². The third-order valence-electron chi connectivity index (χ3n) is 2.36. The van der Waals surface area contributed by atoms with Gasteiger partial charge in [-0.25, -0.2) is 13.8 Å². The van der Waals surface area contributed by atoms with Crippen LogP contribution in [0.4, 0.5) is 8.78 Å². The van der Waals surface area contributed by atoms with E-state index >= 15 is 0 Å². The zero-order chi connectivity index (χ0) is 13.4. The van der Waals surface area contributed by atoms with Crippen LogP contribution in [-0.4, -0.2) is 19.6 Å². The number of imidazole rings is 1. The number of nitrogens with one attached hydrogen (secondary N) is 1. The summed E-state index contributed by atoms with van der Waals surface area (Å²) in [4.78, 5) is 7.06. The Morgan fingerprint density at radius 1 is 1.32 bits per heavy atom. The monoisotopic (exact) mass is 318 g/mol. The SMILES string of the molecule is Fc1cc2nc(SCc3nnsc3Cl)[nH]c2cc1F. The first kappa shape index (κ1) is 12.8. The summed E-state index contributed by atoms with van der Waals surface area (Å²) in [6, 6.07) is 2.14. The van der Waals surface area contributed by atoms with Gasteiger partial charge in [-0.2, -0.15) is 0 Å². The molecule has 0 aliphatic heterocycles. The molecule has 0 unspecified atom stereocenters. The standard InChI is InChI=1S/C10H5ClF2N4S2/c11-9-8(16-17-19-9)3-18-10-14-6-1-4(12)5(13)2-7(6)15-10/h1-2H,3H2,(H,14,15). The van der Waals surface area contributed by atoms with Gasteiger partial charge in [-0.3, -0.25) is 0 Å². The summed E-state index contributed by atoms with van der Waals surface area (Å²) in [5.74, 6) is -1.33. The van der Waals surface area contributed by atoms with Gasteiger partial charge in [0, 0.05) is 29.4 Å². The van der Waals surface area contributed by atoms with Gasteiger partial charge in [-0.05, 0) is 0 Å². The average Bonchev–Trinajstić information content (AvgIpc) is 2.94. The minimum absolute atomic E-state index is 0.379. The Hall–Kier alpha value is -1.25. The number of H-pyrrole nitrogens is 1. The summed E-state index contributed by atoms with van der Waals surface area (Å²) in [6.07, 6.45) is 0. The van der Waals surface area contributed by atoms with E-state index in [4.69, 9.17) is 11.6 Å². The van der Waals surface area contributed by atoms with Crippen molar-refractivity contribution in [3.8, 4) is 0 Å². The summed E-state index contributed by atoms with van der Waals surface area (Å²) >= 11 is 8.32. The summed E-state index contributed by atoms with van der Waals surface area (Å²) in [6.45, 7) is 0. The summed E-state index contributed by atoms with van der Waals surface area (Å²) in [7, 11) is 0. The second-order valence-corrected chi connectivity index (χ2v) is 5.93. The first-order valence-electron chi connectivity index (χ1n) is 5.08. The minimum Gasteiger partial charge on any atom is -0.333 e. The molecule has 4 nitrogen and oxygen atoms in total. The van der Waals surface area contributed by atoms with Gasteiger partial charge in [0.15, 0.2) is 16.8 Å². The van der Waals surface area contributed by atoms with E-state index in [0.717, 1.165) is 23.7 Å². The molecule has 0 aliphatic rings. The van der Waals surface area contributed by atoms with Crippen LogP contribution in [-0.2, 0) is 5.75 Å². The maximum atomic E-state index is 13.1. The highest BCUT2D eigenvalue weighted by atomic mass is 35.5. The largest absolute Gasteiger partial charge is 0.333 e. The predicted molar refractivity (Wildman–Crippen MR) is 70.5 cm³/mol. The fourth-order valence-corrected chi connectivity index (χ4v) is 3.09. The molecule has 0 saturated carbocycles. The van der Waals surface area contributed by atoms with E-state index < -0.39 is 11.6 Å². The quantitative estimate of drug-likeness (QED) is 0.749. The lowest BCUT2D eigenvalue weighted by Crippen LogP contribution is -1.83. The van der Waals surface area contributed by atoms with Crippen LogP contribution in [0, 0.1) is 11.6 Å². The fourth-order valence-electron chi connectivity index (χ4n) is 1.47. The van der Waals surface area contributed by atoms with Crippen LogP contribution in [0.15, 0.2) is 17.3 Å². The first-order valence-corrected chi connectivity index (χ1v) is 7.21. The summed E-state index contributed by atoms with van der Waals surface area (Å²) in [5.41, 5.74) is 1.49. The molecule has 0 atom stereocenters. The molecule has 1 aromatic carbocycles. The van der Waals surface area contributed by atoms with Gasteiger partial charge >= 0.3 is 0 Å². The second kappa shape index (κ2) is 5.03. The van der Waals surface area contributed by atoms with E-state index in [0.29, 0.717) is 32.0 Å². The zero-order valence-electron chi connectivity index (χ0n) is 9.15. The number of hydrogen-bond donors (Lipinski definition) is 1. The molecule has 0 bridgehead atoms. The molecule has 19 heavy (non-hydrogen) atoms. The van der Waals surface area contributed by atoms with Gasteiger partial charge in [-0.15, -0.1) is 5.10 Å². The van der Waals surface area contributed by atoms with Crippen molar-refractivity contribution in [3.05, 3.63) is 33.8 Å². The Bertz CT molecular complexity index is 703. The normalized spacial score (nSPS) is 11.3. The Labute approximate surface area is 119 Å². The van der Waals surface area contributed by atoms with E-state index in [2.05, 4.69) is 19.6 Å². The lowest BCUT2D eigenvalue weighted by atomic mass is 10.3. The smallest absolute Gasteiger partial charge is 0.166 e. The highest BCUT2D eigenvalue weighted by molar-refractivity contribution is 7.98. The van der Waals surface area contributed by atoms with E-state index in [-0.39, 0.29) is 0 Å². The lowest BCUT2D eigenvalue weighted by molar-refractivity contribution is 0.510. The topological polar surface area (TPSA) is 54.5 Å². The van der Waals surface area contributed by atoms with E-state index in [1.54, 1.807) is 0 Å². The Morgan fingerprint density at radius 3 is 2.84 bits per heavy atom. The zero-order valence-corrected chi connectivity index (χ0v) is 11.5. The molecule has 1 N–H and O–H groups in total. The van der Waals surface area contributed by atoms with Crippen molar-refractivity contribution in [1.29, 1.82) is 0 Å². The van der Waals surface area contributed by atoms with Gasteiger partial charge in [0.2, 0.25) is 0 Å². The molecule has 0 spiro atoms. The summed E-state index contributed by atoms with van der Waals surface area (Å²) in [5, 5.41) is 4.41. The van der Waals surface area contributed by atoms with Crippen LogP contribution in [0.25, 0.3) is 11.0 Å². The molecular weight excluding hydrogens is 314 g/mol. The average molecular weight is 319 g/mol. The van der Waals surface area contributed by atoms with Crippen molar-refractivity contribution in [2.75, 3.05) is 0 Å². The van der Waals surface area contributed by atoms with Gasteiger partial charge in [0.05, 0.1) is 11.0 Å². The van der Waals surface area contributed by atoms with Crippen LogP contribution < -0.4 is 0 Å². The van der Waals surface area contributed by atoms with Crippen LogP contribution in [0.5, 0.6) is 0 Å². The molecule has 2 heterocycles. The Morgan fingerprint density at radius 2 is 2.11 bits per heavy atom. The molecule has 0 fully saturated rings. The molecule has 0 saturated heterocycles. The molecule has 3 aromatic rings. The summed E-state index contributed by atoms with van der Waals surface area (Å²) < 4.78 is 30.4. The van der Waals surface area contributed by atoms with E-state index in [1.807, 2.05) is 0 Å². The molecule has 98 valence electrons. The van der Waals surface area contributed by atoms with Crippen LogP contribution in [0.1, 0.15) is 5.69 Å². The Balaban J connectivity index is 1.84. The van der Waals surface area contributed by atoms with Gasteiger partial charge in [-0.1, -0.05) is 27.9 Å². The van der Waals surface area contributed by atoms with Crippen LogP contribution in [0.2, 0.25) is 4.34 Å². The number of benzene rings is 1. The number of hydrogen-bond acceptors (Lipinski definition) is 5. The molecular formula is C10H5ClF2N4S2. The Kier molecular flexibility index (Phi) is 3.38. The van der Waals surface area contributed by atoms with Crippen molar-refractivity contribution in [2.24, 2.45) is 0 Å². The fraction of sp³-hybridized carbons (Fsp3) is 0.100. The maximum absolute atomic E-state index is 13.1. The van der Waals surface area contributed by atoms with Crippen molar-refractivity contribution < 1.29 is 8.78 Å². The number of aromatic amines is 1. The van der Waals surface area contributed by atoms with Crippen molar-refractivity contribution in [1.82, 2.24) is 19.6 Å². The maximum Gasteiger partial charge on any atom is 0.166 e. The minimum atomic E-state index is -0.915. The number of halogens is 3. The van der Waals surface area contributed by atoms with Crippen LogP contribution in [0.3, 0.4) is 0 Å². The number of rotatable bonds is 3. The van der Waals surface area contributed by atoms with Crippen molar-refractivity contribution in [3.63, 3.8) is 0 Å². The molecule has 2 aromatic heterocycles. The van der Waals surface area contributed by atoms with Gasteiger partial charge in [0.1, 0.15) is 10.0 Å². The molecule has 0 aliphatic carbocycles. The second-order valence-electron chi connectivity index (χ2n) is 3.61. The number of thioether (sulfide) groups is 1. The van der Waals surface area contributed by atoms with E-state index in [1.165, 1.54) is 11.8 Å². The van der Waals surface area contributed by atoms with Crippen molar-refractivity contribution in [2.45, 2.75) is 10.9 Å². The molecule has 9 heteroatoms. The highest BCUT2D eigenvalue weighted by Gasteiger charge is 2.11. The molecule has 0 amide bonds. The number of aromatic nitrogens is 4. The van der Waals surface area contributed by atoms with Crippen molar-refractivity contribution >= 4 is 45.9 Å². The first-order chi connectivity index (χ1) is 9.13. The van der Waals surface area contributed by atoms with E-state index in [9.17, 15) is 8.78 Å². The molecule has 0 radical (unpaired) electrons. The number of nitrogens with zero attached hydrogens (tertiary/aromatic N) is 3. The predicted octanol–water partition coefficient (Wildman–Crippen LogP) is 3.64. The number of fused-ring (bicyclic) bond motifs is 1.